The van der Waals surface area contributed by atoms with Gasteiger partial charge in [-0.3, -0.25) is 0 Å². The summed E-state index contributed by atoms with van der Waals surface area (Å²) in [6.07, 6.45) is 6.03. The van der Waals surface area contributed by atoms with Crippen LogP contribution in [0.15, 0.2) is 23.7 Å². The summed E-state index contributed by atoms with van der Waals surface area (Å²) in [6, 6.07) is 0. The molecule has 2 atom stereocenters. The lowest BCUT2D eigenvalue weighted by atomic mass is 9.43. The molecule has 0 amide bonds. The van der Waals surface area contributed by atoms with Crippen molar-refractivity contribution < 1.29 is 0 Å². The Morgan fingerprint density at radius 2 is 2.29 bits per heavy atom. The van der Waals surface area contributed by atoms with Crippen molar-refractivity contribution in [2.24, 2.45) is 17.3 Å². The molecule has 1 fully saturated rings. The molecule has 1 heteroatoms. The number of rotatable bonds is 3. The predicted octanol–water partition coefficient (Wildman–Crippen LogP) is 3.37. The third-order valence-electron chi connectivity index (χ3n) is 4.69. The van der Waals surface area contributed by atoms with Crippen molar-refractivity contribution in [1.29, 1.82) is 0 Å². The van der Waals surface area contributed by atoms with Crippen molar-refractivity contribution in [3.8, 4) is 0 Å². The van der Waals surface area contributed by atoms with Crippen LogP contribution >= 0.6 is 0 Å². The second-order valence-electron chi connectivity index (χ2n) is 5.62. The zero-order valence-corrected chi connectivity index (χ0v) is 9.77. The van der Waals surface area contributed by atoms with Crippen LogP contribution in [-0.4, -0.2) is 7.28 Å². The van der Waals surface area contributed by atoms with Crippen LogP contribution in [0.3, 0.4) is 0 Å². The summed E-state index contributed by atoms with van der Waals surface area (Å²) in [5.74, 6) is 1.86. The molecule has 2 bridgehead atoms. The second kappa shape index (κ2) is 3.29. The van der Waals surface area contributed by atoms with Gasteiger partial charge in [0.2, 0.25) is 0 Å². The van der Waals surface area contributed by atoms with Crippen LogP contribution in [0.5, 0.6) is 0 Å². The number of hydrogen-bond donors (Lipinski definition) is 0. The van der Waals surface area contributed by atoms with Gasteiger partial charge in [-0.2, -0.15) is 0 Å². The van der Waals surface area contributed by atoms with Gasteiger partial charge in [0.05, 0.1) is 0 Å². The summed E-state index contributed by atoms with van der Waals surface area (Å²) >= 11 is 0. The van der Waals surface area contributed by atoms with Gasteiger partial charge in [0.15, 0.2) is 7.28 Å². The molecule has 0 aromatic carbocycles. The van der Waals surface area contributed by atoms with E-state index in [0.717, 1.165) is 18.2 Å². The first-order chi connectivity index (χ1) is 6.57. The minimum absolute atomic E-state index is 0.599. The number of hydrogen-bond acceptors (Lipinski definition) is 0. The van der Waals surface area contributed by atoms with Crippen LogP contribution in [0.2, 0.25) is 6.32 Å². The molecule has 0 aliphatic heterocycles. The Bertz CT molecular complexity index is 286. The Morgan fingerprint density at radius 3 is 2.79 bits per heavy atom. The largest absolute Gasteiger partial charge is 0.156 e. The minimum atomic E-state index is 0.599. The van der Waals surface area contributed by atoms with Crippen molar-refractivity contribution in [2.75, 3.05) is 0 Å². The van der Waals surface area contributed by atoms with Crippen LogP contribution in [-0.2, 0) is 0 Å². The lowest BCUT2D eigenvalue weighted by Crippen LogP contribution is -2.49. The van der Waals surface area contributed by atoms with Gasteiger partial charge >= 0.3 is 0 Å². The molecule has 0 radical (unpaired) electrons. The first kappa shape index (κ1) is 10.1. The molecule has 0 spiro atoms. The lowest BCUT2D eigenvalue weighted by Gasteiger charge is -2.58. The summed E-state index contributed by atoms with van der Waals surface area (Å²) in [7, 11) is 1.26. The van der Waals surface area contributed by atoms with Gasteiger partial charge in [0.1, 0.15) is 0 Å². The number of allylic oxidation sites excluding steroid dienone is 3. The van der Waals surface area contributed by atoms with Gasteiger partial charge in [-0.15, -0.1) is 12.1 Å². The molecule has 0 nitrogen and oxygen atoms in total. The van der Waals surface area contributed by atoms with Crippen LogP contribution in [0, 0.1) is 17.3 Å². The van der Waals surface area contributed by atoms with E-state index >= 15 is 0 Å². The smallest absolute Gasteiger partial charge is 0.106 e. The molecule has 3 aliphatic carbocycles. The van der Waals surface area contributed by atoms with Gasteiger partial charge in [0, 0.05) is 0 Å². The van der Waals surface area contributed by atoms with E-state index in [0.29, 0.717) is 5.41 Å². The normalized spacial score (nSPS) is 33.6. The van der Waals surface area contributed by atoms with Crippen molar-refractivity contribution >= 4 is 7.28 Å². The summed E-state index contributed by atoms with van der Waals surface area (Å²) in [5.41, 5.74) is 4.05. The standard InChI is InChI=1S/C13H21B/c1-5-6-14-12-8-10-7-11(9(12)2)13(10,3)4/h5,10-11,14H,1,6-8H2,2-4H3/t10-,11+/m1/s1. The first-order valence-electron chi connectivity index (χ1n) is 5.86. The average Bonchev–Trinajstić information content (AvgIpc) is 2.15. The van der Waals surface area contributed by atoms with E-state index in [2.05, 4.69) is 27.4 Å². The maximum Gasteiger partial charge on any atom is 0.156 e. The van der Waals surface area contributed by atoms with Crippen LogP contribution in [0.1, 0.15) is 33.6 Å². The molecule has 1 saturated carbocycles. The van der Waals surface area contributed by atoms with E-state index in [9.17, 15) is 0 Å². The molecular formula is C13H21B. The third kappa shape index (κ3) is 1.29. The highest BCUT2D eigenvalue weighted by Crippen LogP contribution is 2.60. The van der Waals surface area contributed by atoms with E-state index in [1.54, 1.807) is 11.0 Å². The SMILES string of the molecule is C=CCBC1=C(C)[C@@H]2C[C@H](C1)C2(C)C. The molecular weight excluding hydrogens is 167 g/mol. The minimum Gasteiger partial charge on any atom is -0.106 e. The van der Waals surface area contributed by atoms with Gasteiger partial charge in [-0.1, -0.05) is 31.8 Å². The van der Waals surface area contributed by atoms with Crippen LogP contribution < -0.4 is 0 Å². The quantitative estimate of drug-likeness (QED) is 0.470. The molecule has 76 valence electrons. The summed E-state index contributed by atoms with van der Waals surface area (Å²) in [5, 5.41) is 0. The third-order valence-corrected chi connectivity index (χ3v) is 4.69. The fourth-order valence-electron chi connectivity index (χ4n) is 3.38. The number of fused-ring (bicyclic) bond motifs is 1. The first-order valence-corrected chi connectivity index (χ1v) is 5.86. The fraction of sp³-hybridized carbons (Fsp3) is 0.692. The van der Waals surface area contributed by atoms with E-state index in [4.69, 9.17) is 0 Å². The Hall–Kier alpha value is -0.455. The Labute approximate surface area is 88.7 Å². The van der Waals surface area contributed by atoms with Crippen LogP contribution in [0.4, 0.5) is 0 Å². The Morgan fingerprint density at radius 1 is 1.57 bits per heavy atom. The zero-order chi connectivity index (χ0) is 10.3. The van der Waals surface area contributed by atoms with Gasteiger partial charge in [-0.05, 0) is 37.0 Å². The van der Waals surface area contributed by atoms with Gasteiger partial charge in [0.25, 0.3) is 0 Å². The maximum atomic E-state index is 3.81. The van der Waals surface area contributed by atoms with E-state index < -0.39 is 0 Å². The van der Waals surface area contributed by atoms with Crippen molar-refractivity contribution in [3.63, 3.8) is 0 Å². The lowest BCUT2D eigenvalue weighted by molar-refractivity contribution is -0.00758. The van der Waals surface area contributed by atoms with E-state index in [1.165, 1.54) is 20.1 Å². The molecule has 3 rings (SSSR count). The van der Waals surface area contributed by atoms with E-state index in [1.807, 2.05) is 6.08 Å². The second-order valence-corrected chi connectivity index (χ2v) is 5.62. The van der Waals surface area contributed by atoms with Crippen molar-refractivity contribution in [1.82, 2.24) is 0 Å². The summed E-state index contributed by atoms with van der Waals surface area (Å²) < 4.78 is 0. The van der Waals surface area contributed by atoms with Crippen LogP contribution in [0.25, 0.3) is 0 Å². The highest BCUT2D eigenvalue weighted by molar-refractivity contribution is 6.46. The molecule has 0 N–H and O–H groups in total. The molecule has 0 aromatic rings. The summed E-state index contributed by atoms with van der Waals surface area (Å²) in [4.78, 5) is 0. The van der Waals surface area contributed by atoms with Gasteiger partial charge < -0.3 is 0 Å². The van der Waals surface area contributed by atoms with E-state index in [-0.39, 0.29) is 0 Å². The van der Waals surface area contributed by atoms with Crippen molar-refractivity contribution in [3.05, 3.63) is 23.7 Å². The fourth-order valence-corrected chi connectivity index (χ4v) is 3.38. The Kier molecular flexibility index (Phi) is 2.37. The van der Waals surface area contributed by atoms with Crippen molar-refractivity contribution in [2.45, 2.75) is 39.9 Å². The summed E-state index contributed by atoms with van der Waals surface area (Å²) in [6.45, 7) is 11.1. The molecule has 0 heterocycles. The highest BCUT2D eigenvalue weighted by Gasteiger charge is 2.51. The molecule has 3 aliphatic rings. The molecule has 0 saturated heterocycles. The topological polar surface area (TPSA) is 0 Å². The molecule has 0 aromatic heterocycles. The molecule has 0 unspecified atom stereocenters. The average molecular weight is 188 g/mol. The van der Waals surface area contributed by atoms with Gasteiger partial charge in [-0.25, -0.2) is 0 Å². The molecule has 14 heavy (non-hydrogen) atoms. The highest BCUT2D eigenvalue weighted by atomic mass is 14.5. The zero-order valence-electron chi connectivity index (χ0n) is 9.77. The monoisotopic (exact) mass is 188 g/mol. The maximum absolute atomic E-state index is 3.81. The Balaban J connectivity index is 2.13. The predicted molar refractivity (Wildman–Crippen MR) is 64.8 cm³/mol.